The highest BCUT2D eigenvalue weighted by atomic mass is 16.5. The summed E-state index contributed by atoms with van der Waals surface area (Å²) in [6.07, 6.45) is 1.11. The van der Waals surface area contributed by atoms with Crippen LogP contribution in [0.25, 0.3) is 0 Å². The number of nitrogens with zero attached hydrogens (tertiary/aromatic N) is 1. The van der Waals surface area contributed by atoms with Crippen LogP contribution in [0.5, 0.6) is 11.5 Å². The number of hydrogen-bond acceptors (Lipinski definition) is 3. The van der Waals surface area contributed by atoms with E-state index < -0.39 is 0 Å². The van der Waals surface area contributed by atoms with E-state index in [0.717, 1.165) is 24.5 Å². The van der Waals surface area contributed by atoms with Crippen LogP contribution in [0.15, 0.2) is 109 Å². The van der Waals surface area contributed by atoms with Crippen molar-refractivity contribution in [1.29, 1.82) is 0 Å². The van der Waals surface area contributed by atoms with Crippen LogP contribution >= 0.6 is 0 Å². The van der Waals surface area contributed by atoms with Crippen molar-refractivity contribution in [2.75, 3.05) is 13.7 Å². The number of para-hydroxylation sites is 1. The van der Waals surface area contributed by atoms with E-state index in [-0.39, 0.29) is 24.1 Å². The molecule has 4 aromatic rings. The van der Waals surface area contributed by atoms with E-state index in [1.54, 1.807) is 7.11 Å². The lowest BCUT2D eigenvalue weighted by Gasteiger charge is -2.36. The summed E-state index contributed by atoms with van der Waals surface area (Å²) in [7, 11) is 1.76. The van der Waals surface area contributed by atoms with Gasteiger partial charge in [-0.25, -0.2) is 0 Å². The fourth-order valence-corrected chi connectivity index (χ4v) is 5.35. The molecule has 4 aromatic carbocycles. The molecule has 0 aliphatic heterocycles. The molecule has 0 saturated heterocycles. The quantitative estimate of drug-likeness (QED) is 0.191. The van der Waals surface area contributed by atoms with E-state index in [1.165, 1.54) is 22.3 Å². The Kier molecular flexibility index (Phi) is 9.62. The van der Waals surface area contributed by atoms with Gasteiger partial charge in [0.2, 0.25) is 0 Å². The molecule has 0 bridgehead atoms. The molecule has 0 heterocycles. The summed E-state index contributed by atoms with van der Waals surface area (Å²) in [6.45, 7) is 9.69. The fourth-order valence-electron chi connectivity index (χ4n) is 5.35. The van der Waals surface area contributed by atoms with Gasteiger partial charge >= 0.3 is 0 Å². The van der Waals surface area contributed by atoms with Crippen molar-refractivity contribution in [2.24, 2.45) is 0 Å². The first-order valence-electron chi connectivity index (χ1n) is 13.7. The lowest BCUT2D eigenvalue weighted by atomic mass is 9.87. The summed E-state index contributed by atoms with van der Waals surface area (Å²) in [5.74, 6) is 2.02. The van der Waals surface area contributed by atoms with E-state index in [9.17, 15) is 0 Å². The fraction of sp³-hybridized carbons (Fsp3) is 0.314. The molecule has 1 unspecified atom stereocenters. The first kappa shape index (κ1) is 27.5. The molecule has 0 spiro atoms. The summed E-state index contributed by atoms with van der Waals surface area (Å²) in [5.41, 5.74) is 5.15. The van der Waals surface area contributed by atoms with Gasteiger partial charge in [0.05, 0.1) is 13.2 Å². The number of benzene rings is 4. The highest BCUT2D eigenvalue weighted by Crippen LogP contribution is 2.38. The second kappa shape index (κ2) is 13.3. The van der Waals surface area contributed by atoms with Crippen LogP contribution in [0.2, 0.25) is 0 Å². The number of hydrogen-bond donors (Lipinski definition) is 0. The maximum absolute atomic E-state index is 5.93. The molecule has 38 heavy (non-hydrogen) atoms. The van der Waals surface area contributed by atoms with Crippen LogP contribution in [0.1, 0.15) is 74.4 Å². The first-order chi connectivity index (χ1) is 18.5. The van der Waals surface area contributed by atoms with E-state index in [2.05, 4.69) is 136 Å². The molecule has 0 radical (unpaired) electrons. The predicted octanol–water partition coefficient (Wildman–Crippen LogP) is 8.83. The highest BCUT2D eigenvalue weighted by molar-refractivity contribution is 5.43. The summed E-state index contributed by atoms with van der Waals surface area (Å²) >= 11 is 0. The van der Waals surface area contributed by atoms with Gasteiger partial charge in [0.25, 0.3) is 0 Å². The molecule has 0 aliphatic rings. The zero-order chi connectivity index (χ0) is 26.9. The third-order valence-corrected chi connectivity index (χ3v) is 7.40. The summed E-state index contributed by atoms with van der Waals surface area (Å²) in [5, 5.41) is 0. The van der Waals surface area contributed by atoms with Gasteiger partial charge in [0, 0.05) is 30.1 Å². The second-order valence-corrected chi connectivity index (χ2v) is 10.2. The Morgan fingerprint density at radius 1 is 0.605 bits per heavy atom. The zero-order valence-electron chi connectivity index (χ0n) is 23.4. The molecule has 3 nitrogen and oxygen atoms in total. The van der Waals surface area contributed by atoms with Crippen LogP contribution in [0.4, 0.5) is 0 Å². The maximum Gasteiger partial charge on any atom is 0.122 e. The molecule has 0 N–H and O–H groups in total. The monoisotopic (exact) mass is 507 g/mol. The van der Waals surface area contributed by atoms with E-state index in [1.807, 2.05) is 6.07 Å². The molecule has 0 aliphatic carbocycles. The second-order valence-electron chi connectivity index (χ2n) is 10.2. The maximum atomic E-state index is 5.93. The molecular weight excluding hydrogens is 466 g/mol. The van der Waals surface area contributed by atoms with Crippen molar-refractivity contribution in [3.63, 3.8) is 0 Å². The third kappa shape index (κ3) is 6.85. The van der Waals surface area contributed by atoms with Crippen molar-refractivity contribution in [3.05, 3.63) is 131 Å². The van der Waals surface area contributed by atoms with Crippen molar-refractivity contribution in [2.45, 2.75) is 58.2 Å². The topological polar surface area (TPSA) is 21.7 Å². The van der Waals surface area contributed by atoms with Crippen molar-refractivity contribution in [3.8, 4) is 11.5 Å². The van der Waals surface area contributed by atoms with Crippen LogP contribution in [-0.4, -0.2) is 24.7 Å². The number of methoxy groups -OCH3 is 1. The molecule has 4 rings (SSSR count). The van der Waals surface area contributed by atoms with Crippen molar-refractivity contribution in [1.82, 2.24) is 4.90 Å². The molecule has 0 amide bonds. The average Bonchev–Trinajstić information content (AvgIpc) is 2.96. The molecular formula is C35H41NO2. The zero-order valence-corrected chi connectivity index (χ0v) is 23.4. The minimum absolute atomic E-state index is 0.151. The van der Waals surface area contributed by atoms with Crippen molar-refractivity contribution < 1.29 is 9.47 Å². The normalized spacial score (nSPS) is 13.8. The Hall–Kier alpha value is -3.56. The van der Waals surface area contributed by atoms with Gasteiger partial charge in [0.1, 0.15) is 11.5 Å². The third-order valence-electron chi connectivity index (χ3n) is 7.40. The smallest absolute Gasteiger partial charge is 0.122 e. The van der Waals surface area contributed by atoms with Gasteiger partial charge in [-0.2, -0.15) is 0 Å². The summed E-state index contributed by atoms with van der Waals surface area (Å²) in [4.78, 5) is 2.63. The Morgan fingerprint density at radius 3 is 1.66 bits per heavy atom. The Labute approximate surface area is 229 Å². The lowest BCUT2D eigenvalue weighted by molar-refractivity contribution is 0.150. The molecule has 198 valence electrons. The van der Waals surface area contributed by atoms with Gasteiger partial charge in [-0.1, -0.05) is 91.0 Å². The highest BCUT2D eigenvalue weighted by Gasteiger charge is 2.26. The molecule has 3 atom stereocenters. The molecule has 3 heteroatoms. The molecule has 0 fully saturated rings. The minimum atomic E-state index is 0.151. The Morgan fingerprint density at radius 2 is 1.13 bits per heavy atom. The Balaban J connectivity index is 1.67. The molecule has 0 saturated carbocycles. The number of ether oxygens (including phenoxy) is 2. The van der Waals surface area contributed by atoms with Crippen LogP contribution < -0.4 is 9.47 Å². The van der Waals surface area contributed by atoms with Gasteiger partial charge < -0.3 is 9.47 Å². The summed E-state index contributed by atoms with van der Waals surface area (Å²) in [6, 6.07) is 39.2. The lowest BCUT2D eigenvalue weighted by Crippen LogP contribution is -2.32. The van der Waals surface area contributed by atoms with E-state index in [0.29, 0.717) is 0 Å². The van der Waals surface area contributed by atoms with Gasteiger partial charge in [-0.15, -0.1) is 0 Å². The van der Waals surface area contributed by atoms with Crippen LogP contribution in [0.3, 0.4) is 0 Å². The summed E-state index contributed by atoms with van der Waals surface area (Å²) < 4.78 is 11.8. The number of rotatable bonds is 12. The van der Waals surface area contributed by atoms with Crippen LogP contribution in [-0.2, 0) is 0 Å². The molecule has 0 aromatic heterocycles. The SMILES string of the molecule is COc1ccccc1C(CCN([C@H](C)c1ccccc1)[C@@H](C)c1ccccc1)c1ccc(OC(C)C)cc1. The average molecular weight is 508 g/mol. The first-order valence-corrected chi connectivity index (χ1v) is 13.7. The van der Waals surface area contributed by atoms with E-state index >= 15 is 0 Å². The van der Waals surface area contributed by atoms with Crippen molar-refractivity contribution >= 4 is 0 Å². The largest absolute Gasteiger partial charge is 0.496 e. The van der Waals surface area contributed by atoms with E-state index in [4.69, 9.17) is 9.47 Å². The minimum Gasteiger partial charge on any atom is -0.496 e. The van der Waals surface area contributed by atoms with Gasteiger partial charge in [-0.05, 0) is 69.0 Å². The standard InChI is InChI=1S/C35H41NO2/c1-26(2)38-32-22-20-31(21-23-32)33(34-18-12-13-19-35(34)37-5)24-25-36(27(3)29-14-8-6-9-15-29)28(4)30-16-10-7-11-17-30/h6-23,26-28,33H,24-25H2,1-5H3/t27-,28+,33?. The predicted molar refractivity (Wildman–Crippen MR) is 158 cm³/mol. The van der Waals surface area contributed by atoms with Gasteiger partial charge in [-0.3, -0.25) is 4.90 Å². The van der Waals surface area contributed by atoms with Gasteiger partial charge in [0.15, 0.2) is 0 Å². The van der Waals surface area contributed by atoms with Crippen LogP contribution in [0, 0.1) is 0 Å². The Bertz CT molecular complexity index is 1190.